The second-order valence-corrected chi connectivity index (χ2v) is 10.8. The summed E-state index contributed by atoms with van der Waals surface area (Å²) in [6.07, 6.45) is 4.40. The smallest absolute Gasteiger partial charge is 0.169 e. The maximum atomic E-state index is 6.04. The Bertz CT molecular complexity index is 712. The van der Waals surface area contributed by atoms with Gasteiger partial charge in [0, 0.05) is 35.3 Å². The van der Waals surface area contributed by atoms with E-state index in [1.807, 2.05) is 12.1 Å². The predicted octanol–water partition coefficient (Wildman–Crippen LogP) is 3.78. The molecule has 2 heterocycles. The number of methoxy groups -OCH3 is 1. The van der Waals surface area contributed by atoms with E-state index >= 15 is 0 Å². The van der Waals surface area contributed by atoms with E-state index in [-0.39, 0.29) is 11.1 Å². The number of para-hydroxylation sites is 1. The van der Waals surface area contributed by atoms with E-state index in [2.05, 4.69) is 67.3 Å². The van der Waals surface area contributed by atoms with Gasteiger partial charge in [-0.25, -0.2) is 0 Å². The molecule has 0 aliphatic carbocycles. The molecule has 0 unspecified atom stereocenters. The molecule has 0 atom stereocenters. The minimum atomic E-state index is 0.0933. The van der Waals surface area contributed by atoms with E-state index in [9.17, 15) is 0 Å². The van der Waals surface area contributed by atoms with Crippen LogP contribution in [0.2, 0.25) is 0 Å². The van der Waals surface area contributed by atoms with Crippen molar-refractivity contribution in [3.8, 4) is 5.75 Å². The molecular formula is C24H40N4OS. The number of likely N-dealkylation sites (tertiary alicyclic amines) is 1. The van der Waals surface area contributed by atoms with E-state index in [1.54, 1.807) is 7.11 Å². The van der Waals surface area contributed by atoms with Crippen LogP contribution in [0.15, 0.2) is 24.3 Å². The zero-order chi connectivity index (χ0) is 21.9. The third kappa shape index (κ3) is 6.08. The number of piperidine rings is 2. The van der Waals surface area contributed by atoms with Crippen molar-refractivity contribution < 1.29 is 4.74 Å². The van der Waals surface area contributed by atoms with Crippen molar-refractivity contribution >= 4 is 17.3 Å². The average molecular weight is 433 g/mol. The summed E-state index contributed by atoms with van der Waals surface area (Å²) in [4.78, 5) is 4.83. The lowest BCUT2D eigenvalue weighted by Gasteiger charge is -2.48. The fourth-order valence-electron chi connectivity index (χ4n) is 5.37. The molecule has 30 heavy (non-hydrogen) atoms. The first-order chi connectivity index (χ1) is 14.1. The highest BCUT2D eigenvalue weighted by Gasteiger charge is 2.38. The molecule has 2 fully saturated rings. The standard InChI is InChI=1S/C24H40N4OS/c1-23(2)15-19(16-24(3,4)26-23)25-22(30)28(20-11-13-27(5)14-12-20)17-18-9-7-8-10-21(18)29-6/h7-10,19-20,26H,11-17H2,1-6H3,(H,25,30). The van der Waals surface area contributed by atoms with Gasteiger partial charge < -0.3 is 25.2 Å². The highest BCUT2D eigenvalue weighted by molar-refractivity contribution is 7.80. The molecule has 0 bridgehead atoms. The molecule has 0 amide bonds. The lowest BCUT2D eigenvalue weighted by atomic mass is 9.79. The van der Waals surface area contributed by atoms with Gasteiger partial charge in [0.15, 0.2) is 5.11 Å². The number of hydrogen-bond acceptors (Lipinski definition) is 4. The molecule has 3 rings (SSSR count). The number of rotatable bonds is 5. The van der Waals surface area contributed by atoms with Crippen molar-refractivity contribution in [2.24, 2.45) is 0 Å². The Hall–Kier alpha value is -1.37. The van der Waals surface area contributed by atoms with Crippen LogP contribution >= 0.6 is 12.2 Å². The average Bonchev–Trinajstić information content (AvgIpc) is 2.64. The van der Waals surface area contributed by atoms with E-state index in [0.717, 1.165) is 56.2 Å². The fraction of sp³-hybridized carbons (Fsp3) is 0.708. The largest absolute Gasteiger partial charge is 0.496 e. The van der Waals surface area contributed by atoms with Crippen molar-refractivity contribution in [3.05, 3.63) is 29.8 Å². The quantitative estimate of drug-likeness (QED) is 0.690. The minimum Gasteiger partial charge on any atom is -0.496 e. The van der Waals surface area contributed by atoms with Crippen LogP contribution in [0.25, 0.3) is 0 Å². The Balaban J connectivity index is 1.78. The molecule has 2 aliphatic rings. The summed E-state index contributed by atoms with van der Waals surface area (Å²) in [7, 11) is 3.95. The van der Waals surface area contributed by atoms with Crippen molar-refractivity contribution in [2.75, 3.05) is 27.2 Å². The van der Waals surface area contributed by atoms with Crippen LogP contribution in [0, 0.1) is 0 Å². The van der Waals surface area contributed by atoms with E-state index in [1.165, 1.54) is 5.56 Å². The van der Waals surface area contributed by atoms with Gasteiger partial charge in [0.25, 0.3) is 0 Å². The van der Waals surface area contributed by atoms with Crippen molar-refractivity contribution in [3.63, 3.8) is 0 Å². The summed E-state index contributed by atoms with van der Waals surface area (Å²) in [5, 5.41) is 8.41. The van der Waals surface area contributed by atoms with Crippen molar-refractivity contribution in [1.29, 1.82) is 0 Å². The van der Waals surface area contributed by atoms with Gasteiger partial charge in [-0.1, -0.05) is 18.2 Å². The topological polar surface area (TPSA) is 39.8 Å². The molecular weight excluding hydrogens is 392 g/mol. The Morgan fingerprint density at radius 2 is 1.77 bits per heavy atom. The molecule has 0 radical (unpaired) electrons. The molecule has 1 aromatic rings. The number of hydrogen-bond donors (Lipinski definition) is 2. The number of thiocarbonyl (C=S) groups is 1. The summed E-state index contributed by atoms with van der Waals surface area (Å²) in [6, 6.07) is 9.12. The van der Waals surface area contributed by atoms with Gasteiger partial charge in [0.2, 0.25) is 0 Å². The van der Waals surface area contributed by atoms with Crippen molar-refractivity contribution in [1.82, 2.24) is 20.4 Å². The zero-order valence-electron chi connectivity index (χ0n) is 19.6. The minimum absolute atomic E-state index is 0.0933. The maximum absolute atomic E-state index is 6.04. The van der Waals surface area contributed by atoms with Crippen LogP contribution < -0.4 is 15.4 Å². The fourth-order valence-corrected chi connectivity index (χ4v) is 5.75. The third-order valence-electron chi connectivity index (χ3n) is 6.44. The van der Waals surface area contributed by atoms with Gasteiger partial charge in [0.1, 0.15) is 5.75 Å². The molecule has 168 valence electrons. The van der Waals surface area contributed by atoms with Gasteiger partial charge in [-0.05, 0) is 91.8 Å². The number of nitrogens with zero attached hydrogens (tertiary/aromatic N) is 2. The molecule has 1 aromatic carbocycles. The maximum Gasteiger partial charge on any atom is 0.169 e. The van der Waals surface area contributed by atoms with Crippen LogP contribution in [0.4, 0.5) is 0 Å². The lowest BCUT2D eigenvalue weighted by molar-refractivity contribution is 0.145. The second kappa shape index (κ2) is 9.41. The van der Waals surface area contributed by atoms with E-state index in [4.69, 9.17) is 17.0 Å². The first kappa shape index (κ1) is 23.3. The SMILES string of the molecule is COc1ccccc1CN(C(=S)NC1CC(C)(C)NC(C)(C)C1)C1CCN(C)CC1. The van der Waals surface area contributed by atoms with Gasteiger partial charge in [-0.15, -0.1) is 0 Å². The van der Waals surface area contributed by atoms with E-state index < -0.39 is 0 Å². The molecule has 2 saturated heterocycles. The predicted molar refractivity (Wildman–Crippen MR) is 129 cm³/mol. The van der Waals surface area contributed by atoms with E-state index in [0.29, 0.717) is 12.1 Å². The lowest BCUT2D eigenvalue weighted by Crippen LogP contribution is -2.63. The highest BCUT2D eigenvalue weighted by atomic mass is 32.1. The molecule has 0 spiro atoms. The highest BCUT2D eigenvalue weighted by Crippen LogP contribution is 2.29. The van der Waals surface area contributed by atoms with Crippen LogP contribution in [0.5, 0.6) is 5.75 Å². The van der Waals surface area contributed by atoms with Crippen LogP contribution in [0.1, 0.15) is 58.9 Å². The third-order valence-corrected chi connectivity index (χ3v) is 6.79. The Morgan fingerprint density at radius 1 is 1.17 bits per heavy atom. The molecule has 0 saturated carbocycles. The molecule has 2 aliphatic heterocycles. The molecule has 2 N–H and O–H groups in total. The number of benzene rings is 1. The Kier molecular flexibility index (Phi) is 7.31. The second-order valence-electron chi connectivity index (χ2n) is 10.4. The summed E-state index contributed by atoms with van der Waals surface area (Å²) in [6.45, 7) is 12.2. The van der Waals surface area contributed by atoms with Crippen molar-refractivity contribution in [2.45, 2.75) is 83.1 Å². The Morgan fingerprint density at radius 3 is 2.37 bits per heavy atom. The van der Waals surface area contributed by atoms with Crippen LogP contribution in [0.3, 0.4) is 0 Å². The van der Waals surface area contributed by atoms with Crippen LogP contribution in [-0.2, 0) is 6.54 Å². The first-order valence-corrected chi connectivity index (χ1v) is 11.7. The van der Waals surface area contributed by atoms with Gasteiger partial charge >= 0.3 is 0 Å². The summed E-state index contributed by atoms with van der Waals surface area (Å²) in [5.41, 5.74) is 1.38. The summed E-state index contributed by atoms with van der Waals surface area (Å²) < 4.78 is 5.63. The normalized spacial score (nSPS) is 22.5. The van der Waals surface area contributed by atoms with Gasteiger partial charge in [0.05, 0.1) is 7.11 Å². The first-order valence-electron chi connectivity index (χ1n) is 11.3. The number of ether oxygens (including phenoxy) is 1. The zero-order valence-corrected chi connectivity index (χ0v) is 20.4. The van der Waals surface area contributed by atoms with Gasteiger partial charge in [-0.3, -0.25) is 0 Å². The molecule has 5 nitrogen and oxygen atoms in total. The van der Waals surface area contributed by atoms with Gasteiger partial charge in [-0.2, -0.15) is 0 Å². The summed E-state index contributed by atoms with van der Waals surface area (Å²) in [5.74, 6) is 0.933. The number of nitrogens with one attached hydrogen (secondary N) is 2. The molecule has 0 aromatic heterocycles. The van der Waals surface area contributed by atoms with Crippen LogP contribution in [-0.4, -0.2) is 65.3 Å². The Labute approximate surface area is 188 Å². The molecule has 6 heteroatoms. The monoisotopic (exact) mass is 432 g/mol. The summed E-state index contributed by atoms with van der Waals surface area (Å²) >= 11 is 6.04.